The summed E-state index contributed by atoms with van der Waals surface area (Å²) >= 11 is 1.02. The van der Waals surface area contributed by atoms with Crippen molar-refractivity contribution in [2.24, 2.45) is 0 Å². The first-order valence-electron chi connectivity index (χ1n) is 14.8. The van der Waals surface area contributed by atoms with E-state index in [0.29, 0.717) is 16.7 Å². The molecular formula is C38H28O7S. The van der Waals surface area contributed by atoms with E-state index in [0.717, 1.165) is 44.1 Å². The average Bonchev–Trinajstić information content (AvgIpc) is 3.38. The van der Waals surface area contributed by atoms with Gasteiger partial charge in [-0.25, -0.2) is 14.4 Å². The second-order valence-electron chi connectivity index (χ2n) is 11.1. The maximum atomic E-state index is 13.5. The second-order valence-corrected chi connectivity index (χ2v) is 12.4. The van der Waals surface area contributed by atoms with Crippen molar-refractivity contribution in [3.05, 3.63) is 144 Å². The Bertz CT molecular complexity index is 2110. The molecule has 1 saturated heterocycles. The summed E-state index contributed by atoms with van der Waals surface area (Å²) in [6, 6.07) is 38.6. The molecule has 1 fully saturated rings. The first-order valence-corrected chi connectivity index (χ1v) is 15.8. The Morgan fingerprint density at radius 2 is 0.913 bits per heavy atom. The third-order valence-electron chi connectivity index (χ3n) is 8.11. The maximum Gasteiger partial charge on any atom is 0.338 e. The van der Waals surface area contributed by atoms with Gasteiger partial charge < -0.3 is 19.3 Å². The zero-order chi connectivity index (χ0) is 31.6. The molecule has 1 aliphatic heterocycles. The molecule has 0 aliphatic carbocycles. The normalized spacial score (nSPS) is 19.2. The van der Waals surface area contributed by atoms with Crippen LogP contribution < -0.4 is 0 Å². The van der Waals surface area contributed by atoms with E-state index in [1.54, 1.807) is 36.4 Å². The van der Waals surface area contributed by atoms with E-state index in [2.05, 4.69) is 0 Å². The Labute approximate surface area is 268 Å². The Hall–Kier alpha value is -5.18. The smallest absolute Gasteiger partial charge is 0.338 e. The van der Waals surface area contributed by atoms with Crippen molar-refractivity contribution in [1.29, 1.82) is 0 Å². The summed E-state index contributed by atoms with van der Waals surface area (Å²) in [6.45, 7) is -0.187. The molecule has 4 unspecified atom stereocenters. The van der Waals surface area contributed by atoms with Gasteiger partial charge in [-0.1, -0.05) is 91.0 Å². The fraction of sp³-hybridized carbons (Fsp3) is 0.132. The van der Waals surface area contributed by atoms with Crippen LogP contribution in [0, 0.1) is 0 Å². The molecule has 0 aromatic heterocycles. The highest BCUT2D eigenvalue weighted by Crippen LogP contribution is 2.38. The Morgan fingerprint density at radius 3 is 1.37 bits per heavy atom. The number of esters is 3. The van der Waals surface area contributed by atoms with Crippen LogP contribution in [0.2, 0.25) is 0 Å². The van der Waals surface area contributed by atoms with Crippen LogP contribution in [0.25, 0.3) is 32.3 Å². The monoisotopic (exact) mass is 628 g/mol. The summed E-state index contributed by atoms with van der Waals surface area (Å²) in [5.41, 5.74) is -0.271. The van der Waals surface area contributed by atoms with Gasteiger partial charge >= 0.3 is 17.9 Å². The van der Waals surface area contributed by atoms with Crippen LogP contribution >= 0.6 is 11.8 Å². The molecule has 0 radical (unpaired) electrons. The molecule has 6 aromatic rings. The van der Waals surface area contributed by atoms with E-state index in [1.807, 2.05) is 91.0 Å². The Kier molecular flexibility index (Phi) is 8.13. The molecular weight excluding hydrogens is 600 g/mol. The minimum absolute atomic E-state index is 0.187. The number of ether oxygens (including phenoxy) is 3. The van der Waals surface area contributed by atoms with Crippen LogP contribution in [0.1, 0.15) is 31.1 Å². The van der Waals surface area contributed by atoms with Crippen LogP contribution in [0.3, 0.4) is 0 Å². The number of thioether (sulfide) groups is 1. The molecule has 1 N–H and O–H groups in total. The Morgan fingerprint density at radius 1 is 0.522 bits per heavy atom. The van der Waals surface area contributed by atoms with Gasteiger partial charge in [0, 0.05) is 0 Å². The van der Waals surface area contributed by atoms with E-state index in [1.165, 1.54) is 0 Å². The molecule has 7 rings (SSSR count). The van der Waals surface area contributed by atoms with Crippen LogP contribution in [0.4, 0.5) is 0 Å². The summed E-state index contributed by atoms with van der Waals surface area (Å²) in [5.74, 6) is -1.88. The van der Waals surface area contributed by atoms with Crippen LogP contribution in [0.15, 0.2) is 127 Å². The number of hydrogen-bond acceptors (Lipinski definition) is 8. The summed E-state index contributed by atoms with van der Waals surface area (Å²) in [5, 5.41) is 15.9. The van der Waals surface area contributed by atoms with E-state index in [9.17, 15) is 19.5 Å². The lowest BCUT2D eigenvalue weighted by atomic mass is 10.1. The highest BCUT2D eigenvalue weighted by atomic mass is 32.2. The molecule has 0 amide bonds. The van der Waals surface area contributed by atoms with Crippen molar-refractivity contribution >= 4 is 62.0 Å². The third kappa shape index (κ3) is 6.05. The lowest BCUT2D eigenvalue weighted by Crippen LogP contribution is -2.41. The highest BCUT2D eigenvalue weighted by Gasteiger charge is 2.49. The number of aliphatic hydroxyl groups is 1. The van der Waals surface area contributed by atoms with Gasteiger partial charge in [0.05, 0.1) is 21.9 Å². The van der Waals surface area contributed by atoms with E-state index < -0.39 is 40.8 Å². The summed E-state index contributed by atoms with van der Waals surface area (Å²) in [7, 11) is 0. The predicted octanol–water partition coefficient (Wildman–Crippen LogP) is 7.19. The van der Waals surface area contributed by atoms with Gasteiger partial charge in [-0.3, -0.25) is 0 Å². The molecule has 8 heteroatoms. The summed E-state index contributed by atoms with van der Waals surface area (Å²) in [4.78, 5) is 39.9. The van der Waals surface area contributed by atoms with Crippen molar-refractivity contribution in [2.75, 3.05) is 6.61 Å². The third-order valence-corrected chi connectivity index (χ3v) is 9.41. The minimum atomic E-state index is -1.23. The molecule has 4 atom stereocenters. The van der Waals surface area contributed by atoms with Crippen molar-refractivity contribution in [2.45, 2.75) is 22.9 Å². The van der Waals surface area contributed by atoms with Gasteiger partial charge in [0.1, 0.15) is 12.0 Å². The number of aliphatic hydroxyl groups excluding tert-OH is 1. The van der Waals surface area contributed by atoms with Gasteiger partial charge in [0.2, 0.25) is 0 Å². The molecule has 0 spiro atoms. The van der Waals surface area contributed by atoms with Crippen molar-refractivity contribution in [3.8, 4) is 0 Å². The van der Waals surface area contributed by atoms with Crippen molar-refractivity contribution < 1.29 is 33.7 Å². The topological polar surface area (TPSA) is 99.1 Å². The van der Waals surface area contributed by atoms with Crippen LogP contribution in [-0.4, -0.2) is 52.5 Å². The van der Waals surface area contributed by atoms with Gasteiger partial charge in [0.25, 0.3) is 0 Å². The zero-order valence-electron chi connectivity index (χ0n) is 24.4. The summed E-state index contributed by atoms with van der Waals surface area (Å²) in [6.07, 6.45) is -2.31. The van der Waals surface area contributed by atoms with Crippen molar-refractivity contribution in [1.82, 2.24) is 0 Å². The second kappa shape index (κ2) is 12.7. The van der Waals surface area contributed by atoms with Gasteiger partial charge in [-0.2, -0.15) is 0 Å². The lowest BCUT2D eigenvalue weighted by Gasteiger charge is -2.24. The number of carbonyl (C=O) groups is 3. The number of hydrogen-bond donors (Lipinski definition) is 1. The van der Waals surface area contributed by atoms with Gasteiger partial charge in [-0.05, 0) is 68.7 Å². The minimum Gasteiger partial charge on any atom is -0.461 e. The van der Waals surface area contributed by atoms with E-state index in [4.69, 9.17) is 14.2 Å². The molecule has 46 heavy (non-hydrogen) atoms. The van der Waals surface area contributed by atoms with Crippen molar-refractivity contribution in [3.63, 3.8) is 0 Å². The fourth-order valence-corrected chi connectivity index (χ4v) is 6.92. The van der Waals surface area contributed by atoms with Gasteiger partial charge in [-0.15, -0.1) is 11.8 Å². The highest BCUT2D eigenvalue weighted by molar-refractivity contribution is 8.00. The number of carbonyl (C=O) groups excluding carboxylic acids is 3. The molecule has 228 valence electrons. The number of rotatable bonds is 7. The fourth-order valence-electron chi connectivity index (χ4n) is 5.68. The quantitative estimate of drug-likeness (QED) is 0.147. The van der Waals surface area contributed by atoms with E-state index >= 15 is 0 Å². The molecule has 1 aliphatic rings. The Balaban J connectivity index is 1.13. The largest absolute Gasteiger partial charge is 0.461 e. The lowest BCUT2D eigenvalue weighted by molar-refractivity contribution is -0.0557. The molecule has 6 aromatic carbocycles. The SMILES string of the molecule is O=C(OCC1SC(O)C(OC(=O)c2ccc3ccccc3c2)C1OC(=O)c1ccc2ccccc2c1)c1ccc2ccccc2c1. The molecule has 7 nitrogen and oxygen atoms in total. The first kappa shape index (κ1) is 29.5. The number of benzene rings is 6. The standard InChI is InChI=1S/C38H28O7S/c39-35(29-16-13-23-7-1-4-10-26(23)19-29)43-22-32-33(44-36(40)30-17-14-24-8-2-5-11-27(24)20-30)34(38(42)46-32)45-37(41)31-18-15-25-9-3-6-12-28(25)21-31/h1-21,32-34,38,42H,22H2. The van der Waals surface area contributed by atoms with Crippen LogP contribution in [0.5, 0.6) is 0 Å². The molecule has 0 saturated carbocycles. The zero-order valence-corrected chi connectivity index (χ0v) is 25.3. The van der Waals surface area contributed by atoms with Gasteiger partial charge in [0.15, 0.2) is 12.2 Å². The molecule has 1 heterocycles. The first-order chi connectivity index (χ1) is 22.4. The predicted molar refractivity (Wildman–Crippen MR) is 178 cm³/mol. The maximum absolute atomic E-state index is 13.5. The average molecular weight is 629 g/mol. The van der Waals surface area contributed by atoms with Crippen LogP contribution in [-0.2, 0) is 14.2 Å². The van der Waals surface area contributed by atoms with E-state index in [-0.39, 0.29) is 6.61 Å². The number of fused-ring (bicyclic) bond motifs is 3. The summed E-state index contributed by atoms with van der Waals surface area (Å²) < 4.78 is 17.4. The molecule has 0 bridgehead atoms.